The Morgan fingerprint density at radius 1 is 1.17 bits per heavy atom. The molecule has 1 atom stereocenters. The summed E-state index contributed by atoms with van der Waals surface area (Å²) in [4.78, 5) is 14.5. The van der Waals surface area contributed by atoms with Gasteiger partial charge in [-0.05, 0) is 47.7 Å². The van der Waals surface area contributed by atoms with Crippen molar-refractivity contribution < 1.29 is 9.53 Å². The summed E-state index contributed by atoms with van der Waals surface area (Å²) in [6.45, 7) is 6.87. The monoisotopic (exact) mass is 323 g/mol. The third-order valence-electron chi connectivity index (χ3n) is 4.91. The Morgan fingerprint density at radius 2 is 1.88 bits per heavy atom. The molecule has 24 heavy (non-hydrogen) atoms. The minimum atomic E-state index is 0.0405. The van der Waals surface area contributed by atoms with Gasteiger partial charge in [0.15, 0.2) is 0 Å². The number of benzene rings is 2. The average Bonchev–Trinajstić information content (AvgIpc) is 2.61. The first-order valence-corrected chi connectivity index (χ1v) is 8.59. The number of carbonyl (C=O) groups excluding carboxylic acids is 1. The fourth-order valence-electron chi connectivity index (χ4n) is 3.54. The number of ether oxygens (including phenoxy) is 1. The van der Waals surface area contributed by atoms with Crippen LogP contribution in [-0.2, 0) is 11.2 Å². The number of methoxy groups -OCH3 is 1. The summed E-state index contributed by atoms with van der Waals surface area (Å²) >= 11 is 0. The van der Waals surface area contributed by atoms with Crippen LogP contribution in [0.1, 0.15) is 37.9 Å². The molecule has 3 heteroatoms. The molecule has 0 saturated heterocycles. The highest BCUT2D eigenvalue weighted by Crippen LogP contribution is 2.36. The summed E-state index contributed by atoms with van der Waals surface area (Å²) in [6.07, 6.45) is 0.903. The third kappa shape index (κ3) is 2.91. The van der Waals surface area contributed by atoms with E-state index >= 15 is 0 Å². The molecule has 1 aliphatic rings. The van der Waals surface area contributed by atoms with E-state index in [9.17, 15) is 4.79 Å². The number of carbonyl (C=O) groups is 1. The summed E-state index contributed by atoms with van der Waals surface area (Å²) in [5.74, 6) is 1.15. The normalized spacial score (nSPS) is 16.9. The molecule has 1 aliphatic heterocycles. The van der Waals surface area contributed by atoms with Gasteiger partial charge in [0.1, 0.15) is 5.75 Å². The molecule has 3 rings (SSSR count). The van der Waals surface area contributed by atoms with Gasteiger partial charge in [0, 0.05) is 12.5 Å². The molecule has 2 aromatic carbocycles. The van der Waals surface area contributed by atoms with Crippen molar-refractivity contribution in [1.29, 1.82) is 0 Å². The maximum absolute atomic E-state index is 12.5. The number of nitrogens with zero attached hydrogens (tertiary/aromatic N) is 1. The van der Waals surface area contributed by atoms with E-state index in [1.165, 1.54) is 22.3 Å². The standard InChI is InChI=1S/C21H25NO2/c1-14(2)21(23)22-13-12-20-18(15(22)3)6-5-7-19(20)16-8-10-17(24-4)11-9-16/h5-11,14-15H,12-13H2,1-4H3/t15-/m1/s1. The second kappa shape index (κ2) is 6.68. The molecule has 1 heterocycles. The highest BCUT2D eigenvalue weighted by atomic mass is 16.5. The van der Waals surface area contributed by atoms with Gasteiger partial charge >= 0.3 is 0 Å². The first-order chi connectivity index (χ1) is 11.5. The predicted octanol–water partition coefficient (Wildman–Crippen LogP) is 4.46. The maximum Gasteiger partial charge on any atom is 0.225 e. The lowest BCUT2D eigenvalue weighted by molar-refractivity contribution is -0.137. The lowest BCUT2D eigenvalue weighted by atomic mass is 9.86. The van der Waals surface area contributed by atoms with E-state index < -0.39 is 0 Å². The SMILES string of the molecule is COc1ccc(-c2cccc3c2CCN(C(=O)C(C)C)[C@@H]3C)cc1. The molecule has 3 nitrogen and oxygen atoms in total. The first-order valence-electron chi connectivity index (χ1n) is 8.59. The van der Waals surface area contributed by atoms with Gasteiger partial charge in [-0.2, -0.15) is 0 Å². The largest absolute Gasteiger partial charge is 0.497 e. The Morgan fingerprint density at radius 3 is 2.50 bits per heavy atom. The van der Waals surface area contributed by atoms with Crippen LogP contribution in [0.2, 0.25) is 0 Å². The fraction of sp³-hybridized carbons (Fsp3) is 0.381. The van der Waals surface area contributed by atoms with Crippen molar-refractivity contribution in [3.63, 3.8) is 0 Å². The Bertz CT molecular complexity index is 734. The van der Waals surface area contributed by atoms with Gasteiger partial charge in [-0.1, -0.05) is 44.2 Å². The summed E-state index contributed by atoms with van der Waals surface area (Å²) in [6, 6.07) is 14.8. The minimum absolute atomic E-state index is 0.0405. The van der Waals surface area contributed by atoms with E-state index in [0.29, 0.717) is 0 Å². The lowest BCUT2D eigenvalue weighted by Gasteiger charge is -2.37. The van der Waals surface area contributed by atoms with Crippen LogP contribution in [0, 0.1) is 5.92 Å². The fourth-order valence-corrected chi connectivity index (χ4v) is 3.54. The number of fused-ring (bicyclic) bond motifs is 1. The summed E-state index contributed by atoms with van der Waals surface area (Å²) in [5, 5.41) is 0. The van der Waals surface area contributed by atoms with E-state index in [-0.39, 0.29) is 17.9 Å². The van der Waals surface area contributed by atoms with Crippen LogP contribution in [0.4, 0.5) is 0 Å². The zero-order valence-electron chi connectivity index (χ0n) is 14.9. The van der Waals surface area contributed by atoms with Crippen LogP contribution in [0.5, 0.6) is 5.75 Å². The Hall–Kier alpha value is -2.29. The van der Waals surface area contributed by atoms with Crippen LogP contribution >= 0.6 is 0 Å². The molecule has 0 N–H and O–H groups in total. The molecule has 0 unspecified atom stereocenters. The molecule has 0 saturated carbocycles. The first kappa shape index (κ1) is 16.6. The van der Waals surface area contributed by atoms with Gasteiger partial charge in [-0.15, -0.1) is 0 Å². The van der Waals surface area contributed by atoms with Gasteiger partial charge in [0.05, 0.1) is 13.2 Å². The van der Waals surface area contributed by atoms with Gasteiger partial charge in [0.2, 0.25) is 5.91 Å². The van der Waals surface area contributed by atoms with Crippen molar-refractivity contribution in [1.82, 2.24) is 4.90 Å². The summed E-state index contributed by atoms with van der Waals surface area (Å²) < 4.78 is 5.25. The second-order valence-electron chi connectivity index (χ2n) is 6.71. The van der Waals surface area contributed by atoms with Crippen molar-refractivity contribution in [3.8, 4) is 16.9 Å². The highest BCUT2D eigenvalue weighted by molar-refractivity contribution is 5.79. The molecule has 2 aromatic rings. The number of amides is 1. The zero-order valence-corrected chi connectivity index (χ0v) is 14.9. The van der Waals surface area contributed by atoms with E-state index in [1.807, 2.05) is 30.9 Å². The molecule has 0 aromatic heterocycles. The quantitative estimate of drug-likeness (QED) is 0.834. The molecule has 1 amide bonds. The van der Waals surface area contributed by atoms with Crippen molar-refractivity contribution in [2.45, 2.75) is 33.2 Å². The predicted molar refractivity (Wildman–Crippen MR) is 97.1 cm³/mol. The van der Waals surface area contributed by atoms with Gasteiger partial charge in [-0.3, -0.25) is 4.79 Å². The number of rotatable bonds is 3. The number of hydrogen-bond acceptors (Lipinski definition) is 2. The highest BCUT2D eigenvalue weighted by Gasteiger charge is 2.29. The van der Waals surface area contributed by atoms with Crippen molar-refractivity contribution in [2.75, 3.05) is 13.7 Å². The topological polar surface area (TPSA) is 29.5 Å². The van der Waals surface area contributed by atoms with Crippen molar-refractivity contribution in [2.24, 2.45) is 5.92 Å². The smallest absolute Gasteiger partial charge is 0.225 e. The Labute approximate surface area is 144 Å². The molecule has 126 valence electrons. The molecule has 0 aliphatic carbocycles. The lowest BCUT2D eigenvalue weighted by Crippen LogP contribution is -2.41. The molecular weight excluding hydrogens is 298 g/mol. The average molecular weight is 323 g/mol. The van der Waals surface area contributed by atoms with Gasteiger partial charge in [-0.25, -0.2) is 0 Å². The molecule has 0 fully saturated rings. The Kier molecular flexibility index (Phi) is 4.61. The van der Waals surface area contributed by atoms with Crippen molar-refractivity contribution in [3.05, 3.63) is 53.6 Å². The van der Waals surface area contributed by atoms with E-state index in [0.717, 1.165) is 18.7 Å². The Balaban J connectivity index is 1.98. The zero-order chi connectivity index (χ0) is 17.3. The molecular formula is C21H25NO2. The van der Waals surface area contributed by atoms with Crippen LogP contribution < -0.4 is 4.74 Å². The van der Waals surface area contributed by atoms with Crippen LogP contribution in [0.15, 0.2) is 42.5 Å². The summed E-state index contributed by atoms with van der Waals surface area (Å²) in [7, 11) is 1.68. The van der Waals surface area contributed by atoms with Gasteiger partial charge in [0.25, 0.3) is 0 Å². The minimum Gasteiger partial charge on any atom is -0.497 e. The van der Waals surface area contributed by atoms with Crippen LogP contribution in [0.3, 0.4) is 0 Å². The van der Waals surface area contributed by atoms with Crippen LogP contribution in [-0.4, -0.2) is 24.5 Å². The van der Waals surface area contributed by atoms with Gasteiger partial charge < -0.3 is 9.64 Å². The number of hydrogen-bond donors (Lipinski definition) is 0. The maximum atomic E-state index is 12.5. The molecule has 0 bridgehead atoms. The van der Waals surface area contributed by atoms with Crippen molar-refractivity contribution >= 4 is 5.91 Å². The van der Waals surface area contributed by atoms with E-state index in [1.54, 1.807) is 7.11 Å². The molecule has 0 radical (unpaired) electrons. The second-order valence-corrected chi connectivity index (χ2v) is 6.71. The van der Waals surface area contributed by atoms with E-state index in [2.05, 4.69) is 37.3 Å². The van der Waals surface area contributed by atoms with E-state index in [4.69, 9.17) is 4.74 Å². The van der Waals surface area contributed by atoms with Crippen LogP contribution in [0.25, 0.3) is 11.1 Å². The third-order valence-corrected chi connectivity index (χ3v) is 4.91. The summed E-state index contributed by atoms with van der Waals surface area (Å²) in [5.41, 5.74) is 5.09. The molecule has 0 spiro atoms.